The predicted molar refractivity (Wildman–Crippen MR) is 62.7 cm³/mol. The SMILES string of the molecule is O=C(O)Cc1cnc(Cc2cccc(F)c2)s1. The lowest BCUT2D eigenvalue weighted by Gasteiger charge is -1.97. The number of aromatic nitrogens is 1. The number of halogens is 1. The van der Waals surface area contributed by atoms with Crippen molar-refractivity contribution in [1.82, 2.24) is 4.98 Å². The van der Waals surface area contributed by atoms with Crippen LogP contribution in [0.15, 0.2) is 30.5 Å². The monoisotopic (exact) mass is 251 g/mol. The summed E-state index contributed by atoms with van der Waals surface area (Å²) in [5.41, 5.74) is 0.834. The van der Waals surface area contributed by atoms with Crippen LogP contribution in [0.5, 0.6) is 0 Å². The number of nitrogens with zero attached hydrogens (tertiary/aromatic N) is 1. The van der Waals surface area contributed by atoms with Crippen molar-refractivity contribution in [3.8, 4) is 0 Å². The van der Waals surface area contributed by atoms with E-state index in [4.69, 9.17) is 5.11 Å². The van der Waals surface area contributed by atoms with E-state index in [1.54, 1.807) is 12.3 Å². The summed E-state index contributed by atoms with van der Waals surface area (Å²) in [6.45, 7) is 0. The second-order valence-electron chi connectivity index (χ2n) is 3.60. The van der Waals surface area contributed by atoms with Crippen molar-refractivity contribution in [1.29, 1.82) is 0 Å². The van der Waals surface area contributed by atoms with Crippen LogP contribution in [0.4, 0.5) is 4.39 Å². The Labute approximate surface area is 102 Å². The zero-order valence-electron chi connectivity index (χ0n) is 8.89. The number of benzene rings is 1. The first kappa shape index (κ1) is 11.7. The molecule has 0 aliphatic carbocycles. The lowest BCUT2D eigenvalue weighted by atomic mass is 10.1. The van der Waals surface area contributed by atoms with Gasteiger partial charge in [0.1, 0.15) is 5.82 Å². The Morgan fingerprint density at radius 3 is 3.00 bits per heavy atom. The summed E-state index contributed by atoms with van der Waals surface area (Å²) in [6, 6.07) is 6.32. The molecule has 2 aromatic rings. The minimum Gasteiger partial charge on any atom is -0.481 e. The van der Waals surface area contributed by atoms with Gasteiger partial charge in [-0.1, -0.05) is 12.1 Å². The lowest BCUT2D eigenvalue weighted by Crippen LogP contribution is -1.97. The standard InChI is InChI=1S/C12H10FNO2S/c13-9-3-1-2-8(4-9)5-11-14-7-10(17-11)6-12(15)16/h1-4,7H,5-6H2,(H,15,16). The largest absolute Gasteiger partial charge is 0.481 e. The van der Waals surface area contributed by atoms with Crippen molar-refractivity contribution < 1.29 is 14.3 Å². The van der Waals surface area contributed by atoms with Gasteiger partial charge in [-0.2, -0.15) is 0 Å². The van der Waals surface area contributed by atoms with E-state index in [9.17, 15) is 9.18 Å². The number of hydrogen-bond donors (Lipinski definition) is 1. The van der Waals surface area contributed by atoms with E-state index in [1.165, 1.54) is 23.5 Å². The van der Waals surface area contributed by atoms with Crippen LogP contribution in [0.2, 0.25) is 0 Å². The molecule has 0 saturated heterocycles. The number of aliphatic carboxylic acids is 1. The Morgan fingerprint density at radius 2 is 2.29 bits per heavy atom. The predicted octanol–water partition coefficient (Wildman–Crippen LogP) is 2.50. The Hall–Kier alpha value is -1.75. The van der Waals surface area contributed by atoms with Gasteiger partial charge in [0, 0.05) is 17.5 Å². The number of carboxylic acids is 1. The van der Waals surface area contributed by atoms with Crippen LogP contribution < -0.4 is 0 Å². The molecule has 1 N–H and O–H groups in total. The molecular weight excluding hydrogens is 241 g/mol. The van der Waals surface area contributed by atoms with Gasteiger partial charge in [0.2, 0.25) is 0 Å². The van der Waals surface area contributed by atoms with Crippen LogP contribution in [0.1, 0.15) is 15.4 Å². The molecule has 1 aromatic carbocycles. The van der Waals surface area contributed by atoms with Gasteiger partial charge in [-0.25, -0.2) is 9.37 Å². The van der Waals surface area contributed by atoms with E-state index in [1.807, 2.05) is 6.07 Å². The number of thiazole rings is 1. The maximum absolute atomic E-state index is 13.0. The summed E-state index contributed by atoms with van der Waals surface area (Å²) >= 11 is 1.35. The number of carboxylic acid groups (broad SMARTS) is 1. The second-order valence-corrected chi connectivity index (χ2v) is 4.80. The van der Waals surface area contributed by atoms with Gasteiger partial charge < -0.3 is 5.11 Å². The molecular formula is C12H10FNO2S. The summed E-state index contributed by atoms with van der Waals surface area (Å²) < 4.78 is 13.0. The van der Waals surface area contributed by atoms with Crippen LogP contribution >= 0.6 is 11.3 Å². The highest BCUT2D eigenvalue weighted by molar-refractivity contribution is 7.11. The summed E-state index contributed by atoms with van der Waals surface area (Å²) in [7, 11) is 0. The van der Waals surface area contributed by atoms with E-state index < -0.39 is 5.97 Å². The minimum atomic E-state index is -0.869. The maximum Gasteiger partial charge on any atom is 0.308 e. The molecule has 0 atom stereocenters. The van der Waals surface area contributed by atoms with E-state index >= 15 is 0 Å². The fourth-order valence-electron chi connectivity index (χ4n) is 1.48. The highest BCUT2D eigenvalue weighted by atomic mass is 32.1. The molecule has 0 spiro atoms. The fourth-order valence-corrected chi connectivity index (χ4v) is 2.43. The molecule has 1 aromatic heterocycles. The van der Waals surface area contributed by atoms with E-state index in [0.29, 0.717) is 11.3 Å². The molecule has 0 aliphatic heterocycles. The van der Waals surface area contributed by atoms with Crippen molar-refractivity contribution in [3.63, 3.8) is 0 Å². The summed E-state index contributed by atoms with van der Waals surface area (Å²) in [4.78, 5) is 15.3. The zero-order chi connectivity index (χ0) is 12.3. The summed E-state index contributed by atoms with van der Waals surface area (Å²) in [5, 5.41) is 9.43. The van der Waals surface area contributed by atoms with Crippen LogP contribution in [0.3, 0.4) is 0 Å². The second kappa shape index (κ2) is 5.05. The van der Waals surface area contributed by atoms with Crippen LogP contribution in [0, 0.1) is 5.82 Å². The van der Waals surface area contributed by atoms with E-state index in [0.717, 1.165) is 10.6 Å². The fraction of sp³-hybridized carbons (Fsp3) is 0.167. The van der Waals surface area contributed by atoms with Crippen molar-refractivity contribution in [3.05, 3.63) is 51.7 Å². The Balaban J connectivity index is 2.08. The van der Waals surface area contributed by atoms with E-state index in [-0.39, 0.29) is 12.2 Å². The molecule has 17 heavy (non-hydrogen) atoms. The van der Waals surface area contributed by atoms with Crippen LogP contribution in [0.25, 0.3) is 0 Å². The lowest BCUT2D eigenvalue weighted by molar-refractivity contribution is -0.136. The van der Waals surface area contributed by atoms with Gasteiger partial charge in [-0.3, -0.25) is 4.79 Å². The topological polar surface area (TPSA) is 50.2 Å². The maximum atomic E-state index is 13.0. The third-order valence-corrected chi connectivity index (χ3v) is 3.17. The molecule has 0 fully saturated rings. The molecule has 3 nitrogen and oxygen atoms in total. The average molecular weight is 251 g/mol. The molecule has 1 heterocycles. The first-order chi connectivity index (χ1) is 8.13. The highest BCUT2D eigenvalue weighted by Crippen LogP contribution is 2.17. The van der Waals surface area contributed by atoms with E-state index in [2.05, 4.69) is 4.98 Å². The zero-order valence-corrected chi connectivity index (χ0v) is 9.71. The average Bonchev–Trinajstić information content (AvgIpc) is 2.64. The van der Waals surface area contributed by atoms with Gasteiger partial charge in [0.25, 0.3) is 0 Å². The van der Waals surface area contributed by atoms with Crippen LogP contribution in [-0.4, -0.2) is 16.1 Å². The normalized spacial score (nSPS) is 10.4. The Morgan fingerprint density at radius 1 is 1.47 bits per heavy atom. The number of carbonyl (C=O) groups is 1. The quantitative estimate of drug-likeness (QED) is 0.908. The van der Waals surface area contributed by atoms with Crippen LogP contribution in [-0.2, 0) is 17.6 Å². The van der Waals surface area contributed by atoms with Gasteiger partial charge >= 0.3 is 5.97 Å². The number of hydrogen-bond acceptors (Lipinski definition) is 3. The molecule has 0 amide bonds. The third kappa shape index (κ3) is 3.35. The molecule has 2 rings (SSSR count). The first-order valence-corrected chi connectivity index (χ1v) is 5.85. The molecule has 0 aliphatic rings. The summed E-state index contributed by atoms with van der Waals surface area (Å²) in [5.74, 6) is -1.14. The van der Waals surface area contributed by atoms with Gasteiger partial charge in [-0.05, 0) is 17.7 Å². The Bertz CT molecular complexity index is 539. The number of rotatable bonds is 4. The molecule has 0 radical (unpaired) electrons. The first-order valence-electron chi connectivity index (χ1n) is 5.03. The van der Waals surface area contributed by atoms with Crippen molar-refractivity contribution in [2.45, 2.75) is 12.8 Å². The molecule has 0 unspecified atom stereocenters. The highest BCUT2D eigenvalue weighted by Gasteiger charge is 2.07. The van der Waals surface area contributed by atoms with Crippen molar-refractivity contribution in [2.24, 2.45) is 0 Å². The molecule has 0 bridgehead atoms. The van der Waals surface area contributed by atoms with Gasteiger partial charge in [0.15, 0.2) is 0 Å². The molecule has 5 heteroatoms. The van der Waals surface area contributed by atoms with Crippen molar-refractivity contribution in [2.75, 3.05) is 0 Å². The van der Waals surface area contributed by atoms with Gasteiger partial charge in [0.05, 0.1) is 11.4 Å². The third-order valence-electron chi connectivity index (χ3n) is 2.17. The molecule has 0 saturated carbocycles. The Kier molecular flexibility index (Phi) is 3.49. The summed E-state index contributed by atoms with van der Waals surface area (Å²) in [6.07, 6.45) is 2.08. The smallest absolute Gasteiger partial charge is 0.308 e. The minimum absolute atomic E-state index is 0.0131. The molecule has 88 valence electrons. The van der Waals surface area contributed by atoms with Crippen molar-refractivity contribution >= 4 is 17.3 Å². The van der Waals surface area contributed by atoms with Gasteiger partial charge in [-0.15, -0.1) is 11.3 Å².